The summed E-state index contributed by atoms with van der Waals surface area (Å²) in [7, 11) is 0. The molecular weight excluding hydrogens is 425 g/mol. The number of aromatic nitrogens is 1. The van der Waals surface area contributed by atoms with Crippen LogP contribution in [-0.4, -0.2) is 29.1 Å². The highest BCUT2D eigenvalue weighted by Crippen LogP contribution is 2.36. The molecule has 2 aromatic rings. The number of fused-ring (bicyclic) bond motifs is 1. The average Bonchev–Trinajstić information content (AvgIpc) is 2.76. The van der Waals surface area contributed by atoms with Crippen molar-refractivity contribution in [1.29, 1.82) is 0 Å². The Morgan fingerprint density at radius 2 is 2.10 bits per heavy atom. The summed E-state index contributed by atoms with van der Waals surface area (Å²) in [5.41, 5.74) is 1.16. The molecule has 0 spiro atoms. The Balaban J connectivity index is 1.54. The number of nitrogens with one attached hydrogen (secondary N) is 1. The van der Waals surface area contributed by atoms with Crippen LogP contribution < -0.4 is 10.2 Å². The Kier molecular flexibility index (Phi) is 6.58. The molecule has 0 bridgehead atoms. The van der Waals surface area contributed by atoms with Crippen molar-refractivity contribution in [2.45, 2.75) is 43.7 Å². The lowest BCUT2D eigenvalue weighted by Crippen LogP contribution is -2.36. The van der Waals surface area contributed by atoms with Gasteiger partial charge in [0.2, 0.25) is 5.91 Å². The molecule has 0 unspecified atom stereocenters. The summed E-state index contributed by atoms with van der Waals surface area (Å²) in [4.78, 5) is 31.1. The molecule has 8 heteroatoms. The minimum atomic E-state index is -0.468. The Morgan fingerprint density at radius 3 is 2.87 bits per heavy atom. The summed E-state index contributed by atoms with van der Waals surface area (Å²) in [5, 5.41) is 3.90. The second-order valence-corrected chi connectivity index (χ2v) is 9.10. The number of nitrogens with zero attached hydrogens (tertiary/aromatic N) is 2. The predicted octanol–water partition coefficient (Wildman–Crippen LogP) is 4.82. The first kappa shape index (κ1) is 21.1. The van der Waals surface area contributed by atoms with Crippen LogP contribution in [0.2, 0.25) is 5.02 Å². The van der Waals surface area contributed by atoms with Gasteiger partial charge in [-0.1, -0.05) is 48.7 Å². The van der Waals surface area contributed by atoms with Crippen LogP contribution in [0.15, 0.2) is 35.5 Å². The molecule has 0 radical (unpaired) electrons. The van der Waals surface area contributed by atoms with E-state index >= 15 is 0 Å². The normalized spacial score (nSPS) is 17.0. The van der Waals surface area contributed by atoms with E-state index in [9.17, 15) is 14.0 Å². The van der Waals surface area contributed by atoms with E-state index in [1.807, 2.05) is 0 Å². The third-order valence-electron chi connectivity index (χ3n) is 5.67. The number of hydrogen-bond acceptors (Lipinski definition) is 4. The van der Waals surface area contributed by atoms with E-state index in [1.165, 1.54) is 54.3 Å². The Morgan fingerprint density at radius 1 is 1.30 bits per heavy atom. The summed E-state index contributed by atoms with van der Waals surface area (Å²) in [5.74, 6) is -0.120. The molecular formula is C22H23ClFN3O2S. The maximum atomic E-state index is 14.3. The molecule has 2 amide bonds. The molecule has 1 aromatic carbocycles. The van der Waals surface area contributed by atoms with Crippen molar-refractivity contribution in [2.24, 2.45) is 5.92 Å². The molecule has 1 saturated carbocycles. The second-order valence-electron chi connectivity index (χ2n) is 7.73. The van der Waals surface area contributed by atoms with Crippen molar-refractivity contribution in [3.63, 3.8) is 0 Å². The lowest BCUT2D eigenvalue weighted by molar-refractivity contribution is -0.116. The monoisotopic (exact) mass is 447 g/mol. The molecule has 2 aliphatic rings. The zero-order chi connectivity index (χ0) is 21.1. The van der Waals surface area contributed by atoms with Crippen molar-refractivity contribution >= 4 is 40.9 Å². The van der Waals surface area contributed by atoms with Gasteiger partial charge in [-0.2, -0.15) is 0 Å². The first-order valence-electron chi connectivity index (χ1n) is 10.2. The summed E-state index contributed by atoms with van der Waals surface area (Å²) in [6.07, 6.45) is 7.52. The van der Waals surface area contributed by atoms with Gasteiger partial charge >= 0.3 is 0 Å². The largest absolute Gasteiger partial charge is 0.352 e. The Bertz CT molecular complexity index is 945. The van der Waals surface area contributed by atoms with Gasteiger partial charge in [0.05, 0.1) is 23.5 Å². The van der Waals surface area contributed by atoms with E-state index in [4.69, 9.17) is 11.6 Å². The van der Waals surface area contributed by atoms with Crippen LogP contribution >= 0.6 is 23.4 Å². The fraction of sp³-hybridized carbons (Fsp3) is 0.409. The van der Waals surface area contributed by atoms with Crippen LogP contribution in [-0.2, 0) is 11.3 Å². The summed E-state index contributed by atoms with van der Waals surface area (Å²) >= 11 is 7.47. The van der Waals surface area contributed by atoms with Crippen LogP contribution in [0.5, 0.6) is 0 Å². The third kappa shape index (κ3) is 4.62. The average molecular weight is 448 g/mol. The number of hydrogen-bond donors (Lipinski definition) is 1. The maximum absolute atomic E-state index is 14.3. The molecule has 0 saturated heterocycles. The van der Waals surface area contributed by atoms with E-state index < -0.39 is 5.82 Å². The molecule has 5 nitrogen and oxygen atoms in total. The van der Waals surface area contributed by atoms with E-state index in [2.05, 4.69) is 10.3 Å². The Labute approximate surface area is 184 Å². The fourth-order valence-electron chi connectivity index (χ4n) is 3.96. The molecule has 2 heterocycles. The van der Waals surface area contributed by atoms with Crippen LogP contribution in [0.25, 0.3) is 0 Å². The number of anilines is 1. The molecule has 1 aliphatic carbocycles. The molecule has 1 aromatic heterocycles. The van der Waals surface area contributed by atoms with Gasteiger partial charge in [-0.3, -0.25) is 9.59 Å². The van der Waals surface area contributed by atoms with Gasteiger partial charge < -0.3 is 10.2 Å². The second kappa shape index (κ2) is 9.35. The minimum absolute atomic E-state index is 0.00722. The zero-order valence-corrected chi connectivity index (χ0v) is 18.1. The SMILES string of the molecule is O=C(NCC1CCCCC1)c1cnc2c(c1)N(Cc1c(F)cccc1Cl)C(=O)CS2. The number of amides is 2. The standard InChI is InChI=1S/C22H23ClFN3O2S/c23-17-7-4-8-18(24)16(17)12-27-19-9-15(11-26-22(19)30-13-20(27)28)21(29)25-10-14-5-2-1-3-6-14/h4,7-9,11,14H,1-3,5-6,10,12-13H2,(H,25,29). The maximum Gasteiger partial charge on any atom is 0.252 e. The smallest absolute Gasteiger partial charge is 0.252 e. The molecule has 4 rings (SSSR count). The first-order valence-corrected chi connectivity index (χ1v) is 11.5. The van der Waals surface area contributed by atoms with Crippen molar-refractivity contribution in [2.75, 3.05) is 17.2 Å². The van der Waals surface area contributed by atoms with Gasteiger partial charge in [-0.05, 0) is 37.0 Å². The van der Waals surface area contributed by atoms with Crippen LogP contribution in [0.1, 0.15) is 48.0 Å². The van der Waals surface area contributed by atoms with E-state index in [-0.39, 0.29) is 34.7 Å². The van der Waals surface area contributed by atoms with Gasteiger partial charge in [0.15, 0.2) is 0 Å². The number of carbonyl (C=O) groups is 2. The van der Waals surface area contributed by atoms with E-state index in [1.54, 1.807) is 12.1 Å². The van der Waals surface area contributed by atoms with Crippen molar-refractivity contribution in [1.82, 2.24) is 10.3 Å². The first-order chi connectivity index (χ1) is 14.5. The van der Waals surface area contributed by atoms with Crippen molar-refractivity contribution in [3.05, 3.63) is 52.4 Å². The van der Waals surface area contributed by atoms with Crippen LogP contribution in [0.3, 0.4) is 0 Å². The van der Waals surface area contributed by atoms with E-state index in [0.717, 1.165) is 12.8 Å². The number of pyridine rings is 1. The highest BCUT2D eigenvalue weighted by atomic mass is 35.5. The van der Waals surface area contributed by atoms with Gasteiger partial charge in [0.1, 0.15) is 10.8 Å². The number of thioether (sulfide) groups is 1. The third-order valence-corrected chi connectivity index (χ3v) is 7.01. The molecule has 30 heavy (non-hydrogen) atoms. The van der Waals surface area contributed by atoms with Gasteiger partial charge in [0.25, 0.3) is 5.91 Å². The molecule has 1 N–H and O–H groups in total. The molecule has 1 aliphatic heterocycles. The van der Waals surface area contributed by atoms with E-state index in [0.29, 0.717) is 28.7 Å². The van der Waals surface area contributed by atoms with Crippen LogP contribution in [0, 0.1) is 11.7 Å². The highest BCUT2D eigenvalue weighted by molar-refractivity contribution is 8.00. The quantitative estimate of drug-likeness (QED) is 0.713. The topological polar surface area (TPSA) is 62.3 Å². The minimum Gasteiger partial charge on any atom is -0.352 e. The van der Waals surface area contributed by atoms with Crippen molar-refractivity contribution < 1.29 is 14.0 Å². The molecule has 0 atom stereocenters. The summed E-state index contributed by atoms with van der Waals surface area (Å²) in [6, 6.07) is 6.10. The molecule has 158 valence electrons. The highest BCUT2D eigenvalue weighted by Gasteiger charge is 2.28. The predicted molar refractivity (Wildman–Crippen MR) is 116 cm³/mol. The van der Waals surface area contributed by atoms with Crippen LogP contribution in [0.4, 0.5) is 10.1 Å². The lowest BCUT2D eigenvalue weighted by atomic mass is 9.89. The van der Waals surface area contributed by atoms with Gasteiger partial charge in [-0.15, -0.1) is 0 Å². The number of halogens is 2. The number of benzene rings is 1. The van der Waals surface area contributed by atoms with Gasteiger partial charge in [-0.25, -0.2) is 9.37 Å². The lowest BCUT2D eigenvalue weighted by Gasteiger charge is -2.29. The fourth-order valence-corrected chi connectivity index (χ4v) is 5.04. The summed E-state index contributed by atoms with van der Waals surface area (Å²) < 4.78 is 14.3. The zero-order valence-electron chi connectivity index (χ0n) is 16.5. The molecule has 1 fully saturated rings. The van der Waals surface area contributed by atoms with Crippen molar-refractivity contribution in [3.8, 4) is 0 Å². The number of carbonyl (C=O) groups excluding carboxylic acids is 2. The summed E-state index contributed by atoms with van der Waals surface area (Å²) in [6.45, 7) is 0.644. The van der Waals surface area contributed by atoms with Gasteiger partial charge in [0, 0.05) is 23.3 Å². The number of rotatable bonds is 5. The Hall–Kier alpha value is -2.12.